The largest absolute Gasteiger partial charge is 0.316 e. The molecule has 2 aromatic rings. The van der Waals surface area contributed by atoms with E-state index in [4.69, 9.17) is 0 Å². The third-order valence-electron chi connectivity index (χ3n) is 4.02. The smallest absolute Gasteiger partial charge is 0.187 e. The topological polar surface area (TPSA) is 54.9 Å². The number of hydrogen-bond donors (Lipinski definition) is 1. The number of benzene rings is 1. The average molecular weight is 360 g/mol. The number of aromatic nitrogens is 2. The molecule has 0 spiro atoms. The highest BCUT2D eigenvalue weighted by atomic mass is 79.9. The van der Waals surface area contributed by atoms with Gasteiger partial charge in [-0.25, -0.2) is 9.97 Å². The maximum atomic E-state index is 12.2. The Balaban J connectivity index is 1.65. The van der Waals surface area contributed by atoms with Gasteiger partial charge in [-0.1, -0.05) is 24.3 Å². The molecule has 0 bridgehead atoms. The molecule has 2 heterocycles. The summed E-state index contributed by atoms with van der Waals surface area (Å²) < 4.78 is 0.634. The number of nitrogens with zero attached hydrogens (tertiary/aromatic N) is 2. The molecule has 114 valence electrons. The summed E-state index contributed by atoms with van der Waals surface area (Å²) >= 11 is 3.22. The number of piperidine rings is 1. The van der Waals surface area contributed by atoms with Gasteiger partial charge in [-0.05, 0) is 52.4 Å². The van der Waals surface area contributed by atoms with Gasteiger partial charge in [0, 0.05) is 13.0 Å². The highest BCUT2D eigenvalue weighted by Crippen LogP contribution is 2.23. The van der Waals surface area contributed by atoms with Crippen molar-refractivity contribution in [3.8, 4) is 0 Å². The van der Waals surface area contributed by atoms with Gasteiger partial charge >= 0.3 is 0 Å². The monoisotopic (exact) mass is 359 g/mol. The molecule has 1 aliphatic rings. The number of Topliss-reactive ketones (excluding diaryl/α,β-unsaturated/α-hetero) is 1. The summed E-state index contributed by atoms with van der Waals surface area (Å²) in [6, 6.07) is 8.39. The van der Waals surface area contributed by atoms with E-state index in [1.807, 2.05) is 12.1 Å². The summed E-state index contributed by atoms with van der Waals surface area (Å²) in [6.45, 7) is 2.17. The number of rotatable bonds is 4. The first kappa shape index (κ1) is 15.3. The van der Waals surface area contributed by atoms with Crippen molar-refractivity contribution < 1.29 is 4.79 Å². The SMILES string of the molecule is O=C(Cc1ccc([C@@H]2CCCNC2)cc1)c1cnc(Br)cn1. The summed E-state index contributed by atoms with van der Waals surface area (Å²) in [5.74, 6) is 0.586. The van der Waals surface area contributed by atoms with Crippen LogP contribution in [0.2, 0.25) is 0 Å². The van der Waals surface area contributed by atoms with Crippen LogP contribution in [0.5, 0.6) is 0 Å². The maximum Gasteiger partial charge on any atom is 0.187 e. The van der Waals surface area contributed by atoms with Crippen molar-refractivity contribution in [2.45, 2.75) is 25.2 Å². The molecule has 3 rings (SSSR count). The van der Waals surface area contributed by atoms with Crippen LogP contribution >= 0.6 is 15.9 Å². The first-order chi connectivity index (χ1) is 10.7. The second-order valence-corrected chi connectivity index (χ2v) is 6.42. The molecule has 1 fully saturated rings. The minimum Gasteiger partial charge on any atom is -0.316 e. The molecule has 0 aliphatic carbocycles. The fourth-order valence-corrected chi connectivity index (χ4v) is 2.98. The van der Waals surface area contributed by atoms with Crippen molar-refractivity contribution >= 4 is 21.7 Å². The van der Waals surface area contributed by atoms with Gasteiger partial charge in [0.1, 0.15) is 10.3 Å². The molecule has 1 atom stereocenters. The summed E-state index contributed by atoms with van der Waals surface area (Å²) in [7, 11) is 0. The Morgan fingerprint density at radius 2 is 2.05 bits per heavy atom. The maximum absolute atomic E-state index is 12.2. The van der Waals surface area contributed by atoms with E-state index in [9.17, 15) is 4.79 Å². The van der Waals surface area contributed by atoms with E-state index in [-0.39, 0.29) is 5.78 Å². The summed E-state index contributed by atoms with van der Waals surface area (Å²) in [4.78, 5) is 20.3. The van der Waals surface area contributed by atoms with Gasteiger partial charge in [-0.2, -0.15) is 0 Å². The third-order valence-corrected chi connectivity index (χ3v) is 4.43. The Kier molecular flexibility index (Phi) is 4.95. The molecule has 22 heavy (non-hydrogen) atoms. The van der Waals surface area contributed by atoms with Gasteiger partial charge in [0.05, 0.1) is 12.4 Å². The van der Waals surface area contributed by atoms with Gasteiger partial charge < -0.3 is 5.32 Å². The highest BCUT2D eigenvalue weighted by Gasteiger charge is 2.15. The minimum absolute atomic E-state index is 0.00733. The van der Waals surface area contributed by atoms with Gasteiger partial charge in [0.25, 0.3) is 0 Å². The molecule has 0 amide bonds. The Labute approximate surface area is 138 Å². The van der Waals surface area contributed by atoms with Crippen LogP contribution in [-0.2, 0) is 6.42 Å². The highest BCUT2D eigenvalue weighted by molar-refractivity contribution is 9.10. The van der Waals surface area contributed by atoms with Gasteiger partial charge in [-0.15, -0.1) is 0 Å². The zero-order valence-corrected chi connectivity index (χ0v) is 13.8. The predicted molar refractivity (Wildman–Crippen MR) is 89.1 cm³/mol. The molecule has 0 radical (unpaired) electrons. The summed E-state index contributed by atoms with van der Waals surface area (Å²) in [5.41, 5.74) is 2.78. The van der Waals surface area contributed by atoms with Crippen molar-refractivity contribution in [3.05, 3.63) is 58.1 Å². The van der Waals surface area contributed by atoms with Gasteiger partial charge in [0.15, 0.2) is 5.78 Å². The number of hydrogen-bond acceptors (Lipinski definition) is 4. The molecular weight excluding hydrogens is 342 g/mol. The third kappa shape index (κ3) is 3.78. The normalized spacial score (nSPS) is 18.1. The van der Waals surface area contributed by atoms with E-state index >= 15 is 0 Å². The number of carbonyl (C=O) groups excluding carboxylic acids is 1. The Morgan fingerprint density at radius 3 is 2.68 bits per heavy atom. The Bertz CT molecular complexity index is 634. The Morgan fingerprint density at radius 1 is 1.23 bits per heavy atom. The standard InChI is InChI=1S/C17H18BrN3O/c18-17-11-20-15(10-21-17)16(22)8-12-3-5-13(6-4-12)14-2-1-7-19-9-14/h3-6,10-11,14,19H,1-2,7-9H2/t14-/m1/s1. The molecule has 1 aliphatic heterocycles. The van der Waals surface area contributed by atoms with E-state index in [2.05, 4.69) is 43.3 Å². The number of carbonyl (C=O) groups is 1. The van der Waals surface area contributed by atoms with Crippen LogP contribution < -0.4 is 5.32 Å². The molecule has 1 N–H and O–H groups in total. The van der Waals surface area contributed by atoms with Crippen LogP contribution in [0, 0.1) is 0 Å². The van der Waals surface area contributed by atoms with Crippen molar-refractivity contribution in [1.29, 1.82) is 0 Å². The fourth-order valence-electron chi connectivity index (χ4n) is 2.78. The minimum atomic E-state index is -0.00733. The van der Waals surface area contributed by atoms with Crippen molar-refractivity contribution in [2.24, 2.45) is 0 Å². The average Bonchev–Trinajstić information content (AvgIpc) is 2.57. The summed E-state index contributed by atoms with van der Waals surface area (Å²) in [6.07, 6.45) is 5.88. The number of halogens is 1. The lowest BCUT2D eigenvalue weighted by molar-refractivity contribution is 0.0988. The van der Waals surface area contributed by atoms with E-state index < -0.39 is 0 Å². The van der Waals surface area contributed by atoms with Crippen LogP contribution in [0.15, 0.2) is 41.3 Å². The van der Waals surface area contributed by atoms with Crippen LogP contribution in [-0.4, -0.2) is 28.8 Å². The molecule has 1 aromatic heterocycles. The van der Waals surface area contributed by atoms with E-state index in [0.717, 1.165) is 18.7 Å². The molecular formula is C17H18BrN3O. The zero-order chi connectivity index (χ0) is 15.4. The molecule has 4 nitrogen and oxygen atoms in total. The number of nitrogens with one attached hydrogen (secondary N) is 1. The molecule has 1 aromatic carbocycles. The van der Waals surface area contributed by atoms with Crippen LogP contribution in [0.3, 0.4) is 0 Å². The molecule has 1 saturated heterocycles. The zero-order valence-electron chi connectivity index (χ0n) is 12.3. The first-order valence-corrected chi connectivity index (χ1v) is 8.32. The van der Waals surface area contributed by atoms with Crippen molar-refractivity contribution in [1.82, 2.24) is 15.3 Å². The quantitative estimate of drug-likeness (QED) is 0.852. The lowest BCUT2D eigenvalue weighted by Gasteiger charge is -2.23. The molecule has 5 heteroatoms. The lowest BCUT2D eigenvalue weighted by Crippen LogP contribution is -2.28. The van der Waals surface area contributed by atoms with Crippen LogP contribution in [0.4, 0.5) is 0 Å². The second-order valence-electron chi connectivity index (χ2n) is 5.61. The van der Waals surface area contributed by atoms with Crippen molar-refractivity contribution in [3.63, 3.8) is 0 Å². The first-order valence-electron chi connectivity index (χ1n) is 7.52. The van der Waals surface area contributed by atoms with Gasteiger partial charge in [0.2, 0.25) is 0 Å². The van der Waals surface area contributed by atoms with E-state index in [1.165, 1.54) is 24.6 Å². The Hall–Kier alpha value is -1.59. The fraction of sp³-hybridized carbons (Fsp3) is 0.353. The summed E-state index contributed by atoms with van der Waals surface area (Å²) in [5, 5.41) is 3.43. The second kappa shape index (κ2) is 7.11. The molecule has 0 saturated carbocycles. The van der Waals surface area contributed by atoms with E-state index in [1.54, 1.807) is 6.20 Å². The molecule has 0 unspecified atom stereocenters. The number of ketones is 1. The van der Waals surface area contributed by atoms with Crippen LogP contribution in [0.1, 0.15) is 40.4 Å². The lowest BCUT2D eigenvalue weighted by atomic mass is 9.91. The van der Waals surface area contributed by atoms with Crippen molar-refractivity contribution in [2.75, 3.05) is 13.1 Å². The van der Waals surface area contributed by atoms with E-state index in [0.29, 0.717) is 22.6 Å². The van der Waals surface area contributed by atoms with Crippen LogP contribution in [0.25, 0.3) is 0 Å². The predicted octanol–water partition coefficient (Wildman–Crippen LogP) is 3.13. The van der Waals surface area contributed by atoms with Gasteiger partial charge in [-0.3, -0.25) is 4.79 Å².